The summed E-state index contributed by atoms with van der Waals surface area (Å²) in [7, 11) is 0. The molecule has 0 amide bonds. The first-order valence-corrected chi connectivity index (χ1v) is 4.25. The summed E-state index contributed by atoms with van der Waals surface area (Å²) < 4.78 is 26.6. The molecule has 0 atom stereocenters. The topological polar surface area (TPSA) is 74.7 Å². The normalized spacial score (nSPS) is 11.4. The summed E-state index contributed by atoms with van der Waals surface area (Å²) in [4.78, 5) is 0. The molecule has 1 aromatic heterocycles. The number of aliphatic hydroxyl groups is 1. The molecule has 0 aliphatic heterocycles. The summed E-state index contributed by atoms with van der Waals surface area (Å²) >= 11 is 0. The Morgan fingerprint density at radius 3 is 2.80 bits per heavy atom. The van der Waals surface area contributed by atoms with Gasteiger partial charge >= 0.3 is 0 Å². The van der Waals surface area contributed by atoms with Crippen LogP contribution in [0.1, 0.15) is 11.4 Å². The average molecular weight is 216 g/mol. The van der Waals surface area contributed by atoms with Gasteiger partial charge in [0.05, 0.1) is 23.9 Å². The van der Waals surface area contributed by atoms with Gasteiger partial charge in [0.15, 0.2) is 0 Å². The van der Waals surface area contributed by atoms with Gasteiger partial charge in [-0.1, -0.05) is 5.21 Å². The van der Waals surface area contributed by atoms with Gasteiger partial charge in [0.1, 0.15) is 13.2 Å². The molecule has 0 aliphatic carbocycles. The van der Waals surface area contributed by atoms with Crippen LogP contribution in [0.25, 0.3) is 0 Å². The number of alkyl halides is 2. The van der Waals surface area contributed by atoms with Crippen LogP contribution in [0.4, 0.5) is 8.78 Å². The highest BCUT2D eigenvalue weighted by Crippen LogP contribution is 2.16. The molecule has 0 aliphatic rings. The number of hydrogen-bond acceptors (Lipinski definition) is 4. The van der Waals surface area contributed by atoms with E-state index in [0.717, 1.165) is 4.68 Å². The first-order valence-electron chi connectivity index (χ1n) is 4.25. The van der Waals surface area contributed by atoms with E-state index in [2.05, 4.69) is 10.3 Å². The molecule has 15 heavy (non-hydrogen) atoms. The highest BCUT2D eigenvalue weighted by atomic mass is 19.3. The Bertz CT molecular complexity index is 382. The third kappa shape index (κ3) is 2.70. The zero-order valence-electron chi connectivity index (χ0n) is 8.11. The summed E-state index contributed by atoms with van der Waals surface area (Å²) in [6.45, 7) is -0.409. The van der Waals surface area contributed by atoms with E-state index < -0.39 is 19.1 Å². The number of nitriles is 1. The highest BCUT2D eigenvalue weighted by Gasteiger charge is 2.30. The maximum absolute atomic E-state index is 12.8. The van der Waals surface area contributed by atoms with Crippen molar-refractivity contribution in [3.63, 3.8) is 0 Å². The summed E-state index contributed by atoms with van der Waals surface area (Å²) in [5.74, 6) is -3.22. The van der Waals surface area contributed by atoms with Crippen molar-refractivity contribution in [1.29, 1.82) is 5.26 Å². The number of nitrogens with zero attached hydrogens (tertiary/aromatic N) is 4. The van der Waals surface area contributed by atoms with E-state index >= 15 is 0 Å². The molecule has 0 bridgehead atoms. The van der Waals surface area contributed by atoms with E-state index in [1.807, 2.05) is 6.07 Å². The van der Waals surface area contributed by atoms with E-state index in [9.17, 15) is 8.78 Å². The third-order valence-corrected chi connectivity index (χ3v) is 1.94. The summed E-state index contributed by atoms with van der Waals surface area (Å²) in [6.07, 6.45) is 0.0382. The second-order valence-corrected chi connectivity index (χ2v) is 3.13. The fourth-order valence-corrected chi connectivity index (χ4v) is 1.05. The van der Waals surface area contributed by atoms with Crippen molar-refractivity contribution in [2.24, 2.45) is 0 Å². The molecule has 0 aromatic carbocycles. The molecule has 0 unspecified atom stereocenters. The van der Waals surface area contributed by atoms with Crippen LogP contribution < -0.4 is 0 Å². The lowest BCUT2D eigenvalue weighted by atomic mass is 10.2. The van der Waals surface area contributed by atoms with Gasteiger partial charge in [0, 0.05) is 0 Å². The molecular formula is C8H10F2N4O. The zero-order chi connectivity index (χ0) is 11.5. The largest absolute Gasteiger partial charge is 0.390 e. The maximum atomic E-state index is 12.8. The summed E-state index contributed by atoms with van der Waals surface area (Å²) in [6, 6.07) is 1.86. The van der Waals surface area contributed by atoms with Crippen molar-refractivity contribution >= 4 is 0 Å². The van der Waals surface area contributed by atoms with Gasteiger partial charge in [0.2, 0.25) is 0 Å². The van der Waals surface area contributed by atoms with E-state index in [1.165, 1.54) is 0 Å². The number of hydrogen-bond donors (Lipinski definition) is 1. The molecular weight excluding hydrogens is 206 g/mol. The van der Waals surface area contributed by atoms with Gasteiger partial charge in [-0.25, -0.2) is 13.5 Å². The monoisotopic (exact) mass is 216 g/mol. The molecule has 1 heterocycles. The molecule has 1 aromatic rings. The molecule has 0 saturated carbocycles. The average Bonchev–Trinajstić information content (AvgIpc) is 2.50. The lowest BCUT2D eigenvalue weighted by Crippen LogP contribution is -2.29. The molecule has 0 saturated heterocycles. The van der Waals surface area contributed by atoms with E-state index in [4.69, 9.17) is 10.4 Å². The fourth-order valence-electron chi connectivity index (χ4n) is 1.05. The Labute approximate surface area is 84.9 Å². The number of halogens is 2. The Morgan fingerprint density at radius 2 is 2.27 bits per heavy atom. The molecule has 5 nitrogen and oxygen atoms in total. The first-order chi connectivity index (χ1) is 7.00. The van der Waals surface area contributed by atoms with Crippen molar-refractivity contribution in [3.05, 3.63) is 11.4 Å². The van der Waals surface area contributed by atoms with E-state index in [0.29, 0.717) is 11.4 Å². The lowest BCUT2D eigenvalue weighted by molar-refractivity contribution is -0.0659. The lowest BCUT2D eigenvalue weighted by Gasteiger charge is -2.13. The van der Waals surface area contributed by atoms with E-state index in [-0.39, 0.29) is 6.42 Å². The Balaban J connectivity index is 2.84. The van der Waals surface area contributed by atoms with Gasteiger partial charge < -0.3 is 5.11 Å². The number of aliphatic hydroxyl groups excluding tert-OH is 1. The van der Waals surface area contributed by atoms with Crippen LogP contribution in [0, 0.1) is 18.3 Å². The van der Waals surface area contributed by atoms with Crippen molar-refractivity contribution in [1.82, 2.24) is 15.0 Å². The quantitative estimate of drug-likeness (QED) is 0.784. The SMILES string of the molecule is Cc1c(CC#N)nnn1CC(F)(F)CO. The Kier molecular flexibility index (Phi) is 3.31. The van der Waals surface area contributed by atoms with Gasteiger partial charge in [-0.3, -0.25) is 0 Å². The maximum Gasteiger partial charge on any atom is 0.289 e. The van der Waals surface area contributed by atoms with Gasteiger partial charge in [0.25, 0.3) is 5.92 Å². The van der Waals surface area contributed by atoms with Gasteiger partial charge in [-0.05, 0) is 6.92 Å². The molecule has 82 valence electrons. The first kappa shape index (κ1) is 11.5. The summed E-state index contributed by atoms with van der Waals surface area (Å²) in [5, 5.41) is 23.9. The van der Waals surface area contributed by atoms with Crippen LogP contribution in [0.15, 0.2) is 0 Å². The van der Waals surface area contributed by atoms with Crippen molar-refractivity contribution in [2.75, 3.05) is 6.61 Å². The standard InChI is InChI=1S/C8H10F2N4O/c1-6-7(2-3-11)12-13-14(6)4-8(9,10)5-15/h15H,2,4-5H2,1H3. The zero-order valence-corrected chi connectivity index (χ0v) is 8.11. The highest BCUT2D eigenvalue weighted by molar-refractivity contribution is 5.12. The van der Waals surface area contributed by atoms with Crippen molar-refractivity contribution in [3.8, 4) is 6.07 Å². The summed E-state index contributed by atoms with van der Waals surface area (Å²) in [5.41, 5.74) is 0.802. The fraction of sp³-hybridized carbons (Fsp3) is 0.625. The van der Waals surface area contributed by atoms with Crippen LogP contribution in [0.3, 0.4) is 0 Å². The molecule has 1 N–H and O–H groups in total. The van der Waals surface area contributed by atoms with Crippen LogP contribution >= 0.6 is 0 Å². The van der Waals surface area contributed by atoms with Crippen molar-refractivity contribution in [2.45, 2.75) is 25.8 Å². The molecule has 0 radical (unpaired) electrons. The predicted molar refractivity (Wildman–Crippen MR) is 46.1 cm³/mol. The number of rotatable bonds is 4. The van der Waals surface area contributed by atoms with Crippen LogP contribution in [-0.4, -0.2) is 32.6 Å². The Hall–Kier alpha value is -1.55. The van der Waals surface area contributed by atoms with Crippen LogP contribution in [0.5, 0.6) is 0 Å². The molecule has 7 heteroatoms. The molecule has 0 fully saturated rings. The van der Waals surface area contributed by atoms with Gasteiger partial charge in [-0.15, -0.1) is 5.10 Å². The minimum absolute atomic E-state index is 0.0382. The minimum atomic E-state index is -3.22. The minimum Gasteiger partial charge on any atom is -0.390 e. The Morgan fingerprint density at radius 1 is 1.60 bits per heavy atom. The van der Waals surface area contributed by atoms with E-state index in [1.54, 1.807) is 6.92 Å². The third-order valence-electron chi connectivity index (χ3n) is 1.94. The van der Waals surface area contributed by atoms with Crippen LogP contribution in [-0.2, 0) is 13.0 Å². The second kappa shape index (κ2) is 4.31. The number of aromatic nitrogens is 3. The second-order valence-electron chi connectivity index (χ2n) is 3.13. The smallest absolute Gasteiger partial charge is 0.289 e. The van der Waals surface area contributed by atoms with Gasteiger partial charge in [-0.2, -0.15) is 5.26 Å². The molecule has 0 spiro atoms. The predicted octanol–water partition coefficient (Wildman–Crippen LogP) is 0.280. The molecule has 1 rings (SSSR count). The van der Waals surface area contributed by atoms with Crippen LogP contribution in [0.2, 0.25) is 0 Å². The van der Waals surface area contributed by atoms with Crippen molar-refractivity contribution < 1.29 is 13.9 Å².